The normalized spacial score (nSPS) is 13.3. The molecule has 1 unspecified atom stereocenters. The highest BCUT2D eigenvalue weighted by Gasteiger charge is 2.31. The lowest BCUT2D eigenvalue weighted by Gasteiger charge is -2.19. The minimum Gasteiger partial charge on any atom is -0.381 e. The second-order valence-corrected chi connectivity index (χ2v) is 6.12. The number of thioether (sulfide) groups is 1. The largest absolute Gasteiger partial charge is 0.416 e. The molecule has 0 saturated heterocycles. The van der Waals surface area contributed by atoms with Crippen LogP contribution in [-0.4, -0.2) is 24.1 Å². The van der Waals surface area contributed by atoms with Crippen LogP contribution in [0.1, 0.15) is 18.9 Å². The van der Waals surface area contributed by atoms with Gasteiger partial charge in [-0.15, -0.1) is 0 Å². The second-order valence-electron chi connectivity index (χ2n) is 4.29. The van der Waals surface area contributed by atoms with Crippen molar-refractivity contribution in [2.24, 2.45) is 5.73 Å². The van der Waals surface area contributed by atoms with Gasteiger partial charge in [0.25, 0.3) is 0 Å². The van der Waals surface area contributed by atoms with E-state index in [1.54, 1.807) is 11.8 Å². The summed E-state index contributed by atoms with van der Waals surface area (Å²) in [6.07, 6.45) is -3.61. The quantitative estimate of drug-likeness (QED) is 0.736. The number of benzene rings is 1. The van der Waals surface area contributed by atoms with E-state index in [2.05, 4.69) is 12.2 Å². The molecule has 0 radical (unpaired) electrons. The van der Waals surface area contributed by atoms with Gasteiger partial charge < -0.3 is 11.1 Å². The number of hydrogen-bond donors (Lipinski definition) is 2. The number of anilines is 1. The first-order valence-corrected chi connectivity index (χ1v) is 7.82. The Morgan fingerprint density at radius 2 is 2.05 bits per heavy atom. The lowest BCUT2D eigenvalue weighted by Crippen LogP contribution is -2.29. The molecule has 0 heterocycles. The first-order valence-electron chi connectivity index (χ1n) is 6.29. The number of hydrogen-bond acceptors (Lipinski definition) is 3. The molecule has 0 bridgehead atoms. The number of alkyl halides is 3. The molecular weight excluding hydrogens is 309 g/mol. The van der Waals surface area contributed by atoms with Crippen LogP contribution in [0.15, 0.2) is 18.2 Å². The zero-order chi connectivity index (χ0) is 15.2. The Balaban J connectivity index is 2.77. The van der Waals surface area contributed by atoms with Gasteiger partial charge in [0.1, 0.15) is 0 Å². The summed E-state index contributed by atoms with van der Waals surface area (Å²) < 4.78 is 38.1. The summed E-state index contributed by atoms with van der Waals surface area (Å²) in [7, 11) is 0. The zero-order valence-corrected chi connectivity index (χ0v) is 12.7. The summed E-state index contributed by atoms with van der Waals surface area (Å²) >= 11 is 7.51. The van der Waals surface area contributed by atoms with E-state index in [1.165, 1.54) is 6.07 Å². The molecular formula is C13H18ClF3N2S. The Kier molecular flexibility index (Phi) is 6.99. The Hall–Kier alpha value is -0.590. The summed E-state index contributed by atoms with van der Waals surface area (Å²) in [5.41, 5.74) is 5.23. The third-order valence-corrected chi connectivity index (χ3v) is 3.85. The third kappa shape index (κ3) is 5.81. The molecule has 1 aromatic carbocycles. The molecule has 0 spiro atoms. The molecule has 0 saturated carbocycles. The molecule has 2 nitrogen and oxygen atoms in total. The Morgan fingerprint density at radius 3 is 2.60 bits per heavy atom. The van der Waals surface area contributed by atoms with Crippen LogP contribution in [0.3, 0.4) is 0 Å². The first-order chi connectivity index (χ1) is 9.36. The molecule has 7 heteroatoms. The highest BCUT2D eigenvalue weighted by atomic mass is 35.5. The van der Waals surface area contributed by atoms with Crippen molar-refractivity contribution < 1.29 is 13.2 Å². The number of nitrogens with two attached hydrogens (primary N) is 1. The third-order valence-electron chi connectivity index (χ3n) is 2.70. The van der Waals surface area contributed by atoms with E-state index in [0.29, 0.717) is 12.2 Å². The van der Waals surface area contributed by atoms with Crippen molar-refractivity contribution in [3.63, 3.8) is 0 Å². The van der Waals surface area contributed by atoms with Crippen molar-refractivity contribution in [1.29, 1.82) is 0 Å². The molecule has 0 aliphatic carbocycles. The lowest BCUT2D eigenvalue weighted by atomic mass is 10.1. The van der Waals surface area contributed by atoms with Crippen LogP contribution in [-0.2, 0) is 6.18 Å². The van der Waals surface area contributed by atoms with Crippen LogP contribution < -0.4 is 11.1 Å². The maximum Gasteiger partial charge on any atom is 0.416 e. The van der Waals surface area contributed by atoms with Crippen molar-refractivity contribution in [2.75, 3.05) is 23.4 Å². The predicted molar refractivity (Wildman–Crippen MR) is 80.5 cm³/mol. The number of nitrogens with one attached hydrogen (secondary N) is 1. The number of halogens is 4. The Labute approximate surface area is 126 Å². The molecule has 0 aliphatic heterocycles. The molecule has 114 valence electrons. The lowest BCUT2D eigenvalue weighted by molar-refractivity contribution is -0.137. The van der Waals surface area contributed by atoms with Gasteiger partial charge in [-0.05, 0) is 36.1 Å². The summed E-state index contributed by atoms with van der Waals surface area (Å²) in [6.45, 7) is 2.42. The Bertz CT molecular complexity index is 427. The first kappa shape index (κ1) is 17.5. The van der Waals surface area contributed by atoms with Gasteiger partial charge in [-0.3, -0.25) is 0 Å². The molecule has 0 amide bonds. The standard InChI is InChI=1S/C13H18ClF3N2S/c1-2-20-4-3-11(8-18)19-12-6-9(13(15,16)17)5-10(14)7-12/h5-7,11,19H,2-4,8,18H2,1H3. The summed E-state index contributed by atoms with van der Waals surface area (Å²) in [5, 5.41) is 3.07. The van der Waals surface area contributed by atoms with E-state index in [1.807, 2.05) is 0 Å². The van der Waals surface area contributed by atoms with Crippen molar-refractivity contribution in [3.8, 4) is 0 Å². The van der Waals surface area contributed by atoms with Crippen LogP contribution in [0.25, 0.3) is 0 Å². The molecule has 1 rings (SSSR count). The van der Waals surface area contributed by atoms with Gasteiger partial charge in [0.15, 0.2) is 0 Å². The zero-order valence-electron chi connectivity index (χ0n) is 11.1. The van der Waals surface area contributed by atoms with Gasteiger partial charge >= 0.3 is 6.18 Å². The van der Waals surface area contributed by atoms with Crippen LogP contribution >= 0.6 is 23.4 Å². The molecule has 1 aromatic rings. The summed E-state index contributed by atoms with van der Waals surface area (Å²) in [4.78, 5) is 0. The van der Waals surface area contributed by atoms with E-state index < -0.39 is 11.7 Å². The monoisotopic (exact) mass is 326 g/mol. The Morgan fingerprint density at radius 1 is 1.35 bits per heavy atom. The van der Waals surface area contributed by atoms with Gasteiger partial charge in [0.2, 0.25) is 0 Å². The molecule has 0 fully saturated rings. The maximum atomic E-state index is 12.7. The van der Waals surface area contributed by atoms with Crippen LogP contribution in [0.2, 0.25) is 5.02 Å². The van der Waals surface area contributed by atoms with Crippen LogP contribution in [0.5, 0.6) is 0 Å². The molecule has 20 heavy (non-hydrogen) atoms. The fourth-order valence-corrected chi connectivity index (χ4v) is 2.67. The molecule has 1 atom stereocenters. The minimum atomic E-state index is -4.41. The van der Waals surface area contributed by atoms with E-state index in [4.69, 9.17) is 17.3 Å². The highest BCUT2D eigenvalue weighted by molar-refractivity contribution is 7.99. The van der Waals surface area contributed by atoms with E-state index in [0.717, 1.165) is 30.1 Å². The maximum absolute atomic E-state index is 12.7. The van der Waals surface area contributed by atoms with Crippen LogP contribution in [0, 0.1) is 0 Å². The van der Waals surface area contributed by atoms with Gasteiger partial charge in [-0.25, -0.2) is 0 Å². The van der Waals surface area contributed by atoms with Gasteiger partial charge in [0, 0.05) is 23.3 Å². The fourth-order valence-electron chi connectivity index (χ4n) is 1.69. The summed E-state index contributed by atoms with van der Waals surface area (Å²) in [5.74, 6) is 1.92. The predicted octanol–water partition coefficient (Wildman–Crippen LogP) is 4.24. The van der Waals surface area contributed by atoms with Crippen LogP contribution in [0.4, 0.5) is 18.9 Å². The van der Waals surface area contributed by atoms with Crippen molar-refractivity contribution >= 4 is 29.1 Å². The van der Waals surface area contributed by atoms with E-state index in [9.17, 15) is 13.2 Å². The number of rotatable bonds is 7. The van der Waals surface area contributed by atoms with Crippen molar-refractivity contribution in [1.82, 2.24) is 0 Å². The minimum absolute atomic E-state index is 0.0565. The average molecular weight is 327 g/mol. The second kappa shape index (κ2) is 8.00. The van der Waals surface area contributed by atoms with E-state index >= 15 is 0 Å². The van der Waals surface area contributed by atoms with Gasteiger partial charge in [-0.2, -0.15) is 24.9 Å². The molecule has 3 N–H and O–H groups in total. The van der Waals surface area contributed by atoms with Crippen molar-refractivity contribution in [2.45, 2.75) is 25.6 Å². The van der Waals surface area contributed by atoms with Gasteiger partial charge in [-0.1, -0.05) is 18.5 Å². The molecule has 0 aromatic heterocycles. The fraction of sp³-hybridized carbons (Fsp3) is 0.538. The highest BCUT2D eigenvalue weighted by Crippen LogP contribution is 2.33. The van der Waals surface area contributed by atoms with Crippen molar-refractivity contribution in [3.05, 3.63) is 28.8 Å². The SMILES string of the molecule is CCSCCC(CN)Nc1cc(Cl)cc(C(F)(F)F)c1. The summed E-state index contributed by atoms with van der Waals surface area (Å²) in [6, 6.07) is 3.39. The molecule has 0 aliphatic rings. The van der Waals surface area contributed by atoms with E-state index in [-0.39, 0.29) is 11.1 Å². The average Bonchev–Trinajstić information content (AvgIpc) is 2.36. The van der Waals surface area contributed by atoms with Gasteiger partial charge in [0.05, 0.1) is 5.56 Å². The topological polar surface area (TPSA) is 38.0 Å². The smallest absolute Gasteiger partial charge is 0.381 e.